The summed E-state index contributed by atoms with van der Waals surface area (Å²) in [5, 5.41) is 14.5. The standard InChI is InChI=1S/C24H21BrClFN2O/c1-2-14-3-5-15(6-4-14)21-13-22(18-12-17(26)8-10-23(18)30)29-24(28-21)16-7-9-20(27)19(25)11-16/h3-12,22,24,29-30H,2,13H2,1H3. The average molecular weight is 488 g/mol. The maximum atomic E-state index is 13.8. The summed E-state index contributed by atoms with van der Waals surface area (Å²) >= 11 is 9.46. The highest BCUT2D eigenvalue weighted by Crippen LogP contribution is 2.36. The first-order chi connectivity index (χ1) is 14.4. The number of phenols is 1. The molecule has 0 aliphatic carbocycles. The molecule has 0 spiro atoms. The first kappa shape index (κ1) is 21.0. The Morgan fingerprint density at radius 3 is 2.60 bits per heavy atom. The van der Waals surface area contributed by atoms with Gasteiger partial charge in [-0.3, -0.25) is 10.3 Å². The summed E-state index contributed by atoms with van der Waals surface area (Å²) in [5.74, 6) is -0.142. The van der Waals surface area contributed by atoms with Gasteiger partial charge in [0.2, 0.25) is 0 Å². The smallest absolute Gasteiger partial charge is 0.137 e. The fourth-order valence-corrected chi connectivity index (χ4v) is 4.25. The largest absolute Gasteiger partial charge is 0.508 e. The zero-order chi connectivity index (χ0) is 21.3. The van der Waals surface area contributed by atoms with Gasteiger partial charge in [-0.25, -0.2) is 4.39 Å². The summed E-state index contributed by atoms with van der Waals surface area (Å²) in [6.45, 7) is 2.12. The maximum Gasteiger partial charge on any atom is 0.137 e. The lowest BCUT2D eigenvalue weighted by atomic mass is 9.93. The van der Waals surface area contributed by atoms with Gasteiger partial charge in [0.05, 0.1) is 4.47 Å². The molecule has 6 heteroatoms. The molecule has 2 atom stereocenters. The summed E-state index contributed by atoms with van der Waals surface area (Å²) in [6.07, 6.45) is 1.18. The topological polar surface area (TPSA) is 44.6 Å². The van der Waals surface area contributed by atoms with Crippen LogP contribution in [0, 0.1) is 5.82 Å². The molecule has 2 N–H and O–H groups in total. The minimum Gasteiger partial charge on any atom is -0.508 e. The second kappa shape index (κ2) is 8.88. The van der Waals surface area contributed by atoms with E-state index in [1.807, 2.05) is 0 Å². The van der Waals surface area contributed by atoms with E-state index >= 15 is 0 Å². The Labute approximate surface area is 188 Å². The van der Waals surface area contributed by atoms with Gasteiger partial charge in [0.15, 0.2) is 0 Å². The number of aryl methyl sites for hydroxylation is 1. The molecule has 154 valence electrons. The summed E-state index contributed by atoms with van der Waals surface area (Å²) in [5.41, 5.74) is 4.76. The number of hydrogen-bond donors (Lipinski definition) is 2. The summed E-state index contributed by atoms with van der Waals surface area (Å²) in [4.78, 5) is 4.92. The molecular weight excluding hydrogens is 467 g/mol. The van der Waals surface area contributed by atoms with Crippen molar-refractivity contribution in [3.63, 3.8) is 0 Å². The van der Waals surface area contributed by atoms with Gasteiger partial charge < -0.3 is 5.11 Å². The third kappa shape index (κ3) is 4.43. The van der Waals surface area contributed by atoms with Crippen molar-refractivity contribution >= 4 is 33.2 Å². The van der Waals surface area contributed by atoms with E-state index in [4.69, 9.17) is 16.6 Å². The first-order valence-corrected chi connectivity index (χ1v) is 11.0. The van der Waals surface area contributed by atoms with Crippen molar-refractivity contribution in [2.75, 3.05) is 0 Å². The number of halogens is 3. The lowest BCUT2D eigenvalue weighted by molar-refractivity contribution is 0.412. The van der Waals surface area contributed by atoms with Crippen LogP contribution in [0.1, 0.15) is 47.8 Å². The van der Waals surface area contributed by atoms with Crippen molar-refractivity contribution in [3.8, 4) is 5.75 Å². The highest BCUT2D eigenvalue weighted by atomic mass is 79.9. The Morgan fingerprint density at radius 1 is 1.13 bits per heavy atom. The van der Waals surface area contributed by atoms with E-state index in [1.165, 1.54) is 11.6 Å². The maximum absolute atomic E-state index is 13.8. The van der Waals surface area contributed by atoms with Crippen LogP contribution in [-0.4, -0.2) is 10.8 Å². The molecule has 0 amide bonds. The zero-order valence-corrected chi connectivity index (χ0v) is 18.7. The fraction of sp³-hybridized carbons (Fsp3) is 0.208. The molecule has 3 aromatic carbocycles. The van der Waals surface area contributed by atoms with Gasteiger partial charge in [-0.05, 0) is 69.4 Å². The Morgan fingerprint density at radius 2 is 1.90 bits per heavy atom. The molecule has 0 saturated carbocycles. The van der Waals surface area contributed by atoms with Crippen LogP contribution in [0.3, 0.4) is 0 Å². The molecule has 1 aliphatic rings. The number of hydrogen-bond acceptors (Lipinski definition) is 3. The van der Waals surface area contributed by atoms with Crippen molar-refractivity contribution in [3.05, 3.63) is 98.2 Å². The van der Waals surface area contributed by atoms with Crippen LogP contribution < -0.4 is 5.32 Å². The Balaban J connectivity index is 1.77. The molecule has 30 heavy (non-hydrogen) atoms. The monoisotopic (exact) mass is 486 g/mol. The molecular formula is C24H21BrClFN2O. The van der Waals surface area contributed by atoms with Crippen LogP contribution >= 0.6 is 27.5 Å². The minimum atomic E-state index is -0.389. The van der Waals surface area contributed by atoms with Crippen LogP contribution in [0.4, 0.5) is 4.39 Å². The van der Waals surface area contributed by atoms with Crippen molar-refractivity contribution in [1.82, 2.24) is 5.32 Å². The van der Waals surface area contributed by atoms with Gasteiger partial charge in [-0.2, -0.15) is 0 Å². The molecule has 1 heterocycles. The van der Waals surface area contributed by atoms with Gasteiger partial charge in [0.1, 0.15) is 17.7 Å². The molecule has 0 saturated heterocycles. The SMILES string of the molecule is CCc1ccc(C2=NC(c3ccc(F)c(Br)c3)NC(c3cc(Cl)ccc3O)C2)cc1. The number of aromatic hydroxyl groups is 1. The molecule has 3 nitrogen and oxygen atoms in total. The van der Waals surface area contributed by atoms with Crippen LogP contribution in [0.25, 0.3) is 0 Å². The molecule has 1 aliphatic heterocycles. The normalized spacial score (nSPS) is 18.9. The van der Waals surface area contributed by atoms with E-state index in [1.54, 1.807) is 30.3 Å². The zero-order valence-electron chi connectivity index (χ0n) is 16.4. The highest BCUT2D eigenvalue weighted by molar-refractivity contribution is 9.10. The van der Waals surface area contributed by atoms with Crippen molar-refractivity contribution in [2.45, 2.75) is 32.0 Å². The van der Waals surface area contributed by atoms with E-state index in [0.29, 0.717) is 21.5 Å². The fourth-order valence-electron chi connectivity index (χ4n) is 3.67. The van der Waals surface area contributed by atoms with Gasteiger partial charge in [0.25, 0.3) is 0 Å². The summed E-state index contributed by atoms with van der Waals surface area (Å²) in [7, 11) is 0. The second-order valence-electron chi connectivity index (χ2n) is 7.33. The van der Waals surface area contributed by atoms with Crippen molar-refractivity contribution in [1.29, 1.82) is 0 Å². The number of nitrogens with zero attached hydrogens (tertiary/aromatic N) is 1. The molecule has 4 rings (SSSR count). The van der Waals surface area contributed by atoms with Crippen molar-refractivity contribution in [2.24, 2.45) is 4.99 Å². The predicted octanol–water partition coefficient (Wildman–Crippen LogP) is 6.73. The number of nitrogens with one attached hydrogen (secondary N) is 1. The molecule has 0 aromatic heterocycles. The third-order valence-electron chi connectivity index (χ3n) is 5.36. The summed E-state index contributed by atoms with van der Waals surface area (Å²) < 4.78 is 14.2. The van der Waals surface area contributed by atoms with E-state index in [2.05, 4.69) is 52.4 Å². The molecule has 0 bridgehead atoms. The number of phenolic OH excluding ortho intramolecular Hbond substituents is 1. The van der Waals surface area contributed by atoms with Crippen LogP contribution in [0.15, 0.2) is 70.1 Å². The molecule has 0 radical (unpaired) electrons. The third-order valence-corrected chi connectivity index (χ3v) is 6.20. The second-order valence-corrected chi connectivity index (χ2v) is 8.62. The van der Waals surface area contributed by atoms with E-state index in [9.17, 15) is 9.50 Å². The van der Waals surface area contributed by atoms with Crippen molar-refractivity contribution < 1.29 is 9.50 Å². The lowest BCUT2D eigenvalue weighted by Crippen LogP contribution is -2.33. The minimum absolute atomic E-state index is 0.179. The Bertz CT molecular complexity index is 1100. The molecule has 2 unspecified atom stereocenters. The Hall–Kier alpha value is -2.21. The van der Waals surface area contributed by atoms with E-state index < -0.39 is 0 Å². The van der Waals surface area contributed by atoms with Gasteiger partial charge in [-0.1, -0.05) is 48.9 Å². The Kier molecular flexibility index (Phi) is 6.23. The molecule has 3 aromatic rings. The lowest BCUT2D eigenvalue weighted by Gasteiger charge is -2.31. The van der Waals surface area contributed by atoms with Gasteiger partial charge in [-0.15, -0.1) is 0 Å². The van der Waals surface area contributed by atoms with Gasteiger partial charge in [0, 0.05) is 28.8 Å². The number of benzene rings is 3. The van der Waals surface area contributed by atoms with E-state index in [-0.39, 0.29) is 23.8 Å². The number of aliphatic imine (C=N–C) groups is 1. The number of rotatable bonds is 4. The predicted molar refractivity (Wildman–Crippen MR) is 123 cm³/mol. The van der Waals surface area contributed by atoms with Crippen LogP contribution in [0.5, 0.6) is 5.75 Å². The molecule has 0 fully saturated rings. The quantitative estimate of drug-likeness (QED) is 0.428. The van der Waals surface area contributed by atoms with E-state index in [0.717, 1.165) is 23.3 Å². The van der Waals surface area contributed by atoms with Crippen LogP contribution in [-0.2, 0) is 6.42 Å². The van der Waals surface area contributed by atoms with Gasteiger partial charge >= 0.3 is 0 Å². The average Bonchev–Trinajstić information content (AvgIpc) is 2.77. The van der Waals surface area contributed by atoms with Crippen LogP contribution in [0.2, 0.25) is 5.02 Å². The summed E-state index contributed by atoms with van der Waals surface area (Å²) in [6, 6.07) is 18.1. The first-order valence-electron chi connectivity index (χ1n) is 9.80. The highest BCUT2D eigenvalue weighted by Gasteiger charge is 2.28.